The SMILES string of the molecule is CC[C@@H](C)[C@@H]1OC(=O)C(C)(C)[C@@H](O)[C@H](Cc2ccccc2)OC(=O)[C@@H](C)OC(=O)[C@H](NC(=O)c2cccc(NC=O)c2O)[C@@H](C)OC1=O. The van der Waals surface area contributed by atoms with Gasteiger partial charge in [0, 0.05) is 12.3 Å². The fraction of sp³-hybridized carbons (Fsp3) is 0.471. The average molecular weight is 671 g/mol. The van der Waals surface area contributed by atoms with Crippen molar-refractivity contribution < 1.29 is 57.9 Å². The molecule has 0 unspecified atom stereocenters. The minimum absolute atomic E-state index is 0.0286. The number of amides is 2. The number of carbonyl (C=O) groups excluding carboxylic acids is 6. The maximum Gasteiger partial charge on any atom is 0.348 e. The van der Waals surface area contributed by atoms with Crippen LogP contribution in [0.25, 0.3) is 0 Å². The summed E-state index contributed by atoms with van der Waals surface area (Å²) in [7, 11) is 0. The molecule has 1 saturated heterocycles. The Morgan fingerprint density at radius 2 is 1.60 bits per heavy atom. The lowest BCUT2D eigenvalue weighted by Crippen LogP contribution is -2.52. The lowest BCUT2D eigenvalue weighted by Gasteiger charge is -2.35. The number of nitrogens with one attached hydrogen (secondary N) is 2. The van der Waals surface area contributed by atoms with Gasteiger partial charge in [0.05, 0.1) is 16.7 Å². The molecule has 1 heterocycles. The van der Waals surface area contributed by atoms with Crippen LogP contribution in [-0.4, -0.2) is 83.0 Å². The van der Waals surface area contributed by atoms with Crippen molar-refractivity contribution in [1.29, 1.82) is 0 Å². The molecule has 1 fully saturated rings. The van der Waals surface area contributed by atoms with Crippen molar-refractivity contribution in [2.75, 3.05) is 5.32 Å². The van der Waals surface area contributed by atoms with Crippen LogP contribution < -0.4 is 10.6 Å². The van der Waals surface area contributed by atoms with Gasteiger partial charge in [0.2, 0.25) is 12.5 Å². The third-order valence-corrected chi connectivity index (χ3v) is 8.22. The zero-order chi connectivity index (χ0) is 35.8. The van der Waals surface area contributed by atoms with E-state index < -0.39 is 83.4 Å². The average Bonchev–Trinajstić information content (AvgIpc) is 3.05. The highest BCUT2D eigenvalue weighted by molar-refractivity contribution is 6.01. The Kier molecular flexibility index (Phi) is 12.7. The molecule has 7 atom stereocenters. The highest BCUT2D eigenvalue weighted by atomic mass is 16.6. The number of rotatable bonds is 8. The second-order valence-corrected chi connectivity index (χ2v) is 12.2. The van der Waals surface area contributed by atoms with Gasteiger partial charge >= 0.3 is 23.9 Å². The van der Waals surface area contributed by atoms with Gasteiger partial charge in [-0.15, -0.1) is 0 Å². The zero-order valence-corrected chi connectivity index (χ0v) is 27.6. The number of anilines is 1. The molecule has 2 aromatic rings. The first kappa shape index (κ1) is 37.5. The highest BCUT2D eigenvalue weighted by Gasteiger charge is 2.47. The predicted molar refractivity (Wildman–Crippen MR) is 169 cm³/mol. The molecule has 14 heteroatoms. The summed E-state index contributed by atoms with van der Waals surface area (Å²) in [6.07, 6.45) is -6.88. The quantitative estimate of drug-likeness (QED) is 0.138. The summed E-state index contributed by atoms with van der Waals surface area (Å²) in [5.41, 5.74) is -1.48. The number of aromatic hydroxyl groups is 1. The second-order valence-electron chi connectivity index (χ2n) is 12.2. The molecule has 0 aromatic heterocycles. The summed E-state index contributed by atoms with van der Waals surface area (Å²) in [4.78, 5) is 78.1. The minimum atomic E-state index is -1.75. The van der Waals surface area contributed by atoms with Gasteiger partial charge in [0.25, 0.3) is 5.91 Å². The van der Waals surface area contributed by atoms with Gasteiger partial charge in [-0.05, 0) is 51.8 Å². The Labute approximate surface area is 278 Å². The molecule has 2 aromatic carbocycles. The molecule has 1 aliphatic rings. The normalized spacial score (nSPS) is 25.9. The second kappa shape index (κ2) is 16.2. The number of aliphatic hydroxyl groups excluding tert-OH is 1. The topological polar surface area (TPSA) is 204 Å². The number of para-hydroxylation sites is 1. The third kappa shape index (κ3) is 8.88. The Bertz CT molecular complexity index is 1490. The number of hydrogen-bond acceptors (Lipinski definition) is 12. The molecule has 0 bridgehead atoms. The fourth-order valence-electron chi connectivity index (χ4n) is 4.88. The summed E-state index contributed by atoms with van der Waals surface area (Å²) in [5.74, 6) is -6.50. The highest BCUT2D eigenvalue weighted by Crippen LogP contribution is 2.31. The van der Waals surface area contributed by atoms with E-state index in [1.165, 1.54) is 45.9 Å². The van der Waals surface area contributed by atoms with Gasteiger partial charge in [-0.2, -0.15) is 0 Å². The van der Waals surface area contributed by atoms with E-state index in [9.17, 15) is 39.0 Å². The van der Waals surface area contributed by atoms with Crippen LogP contribution in [0.4, 0.5) is 5.69 Å². The number of carbonyl (C=O) groups is 6. The van der Waals surface area contributed by atoms with Gasteiger partial charge in [0.15, 0.2) is 17.9 Å². The summed E-state index contributed by atoms with van der Waals surface area (Å²) in [6.45, 7) is 8.64. The first-order chi connectivity index (χ1) is 22.6. The Morgan fingerprint density at radius 3 is 2.23 bits per heavy atom. The van der Waals surface area contributed by atoms with E-state index in [1.807, 2.05) is 0 Å². The van der Waals surface area contributed by atoms with Gasteiger partial charge in [-0.1, -0.05) is 50.2 Å². The molecule has 48 heavy (non-hydrogen) atoms. The molecular weight excluding hydrogens is 628 g/mol. The summed E-state index contributed by atoms with van der Waals surface area (Å²) in [5, 5.41) is 26.6. The maximum atomic E-state index is 13.6. The van der Waals surface area contributed by atoms with Crippen LogP contribution in [0.2, 0.25) is 0 Å². The van der Waals surface area contributed by atoms with E-state index in [-0.39, 0.29) is 17.7 Å². The number of phenols is 1. The number of hydrogen-bond donors (Lipinski definition) is 4. The minimum Gasteiger partial charge on any atom is -0.505 e. The summed E-state index contributed by atoms with van der Waals surface area (Å²) in [6, 6.07) is 10.9. The molecule has 0 radical (unpaired) electrons. The number of ether oxygens (including phenoxy) is 4. The fourth-order valence-corrected chi connectivity index (χ4v) is 4.88. The maximum absolute atomic E-state index is 13.6. The van der Waals surface area contributed by atoms with Crippen molar-refractivity contribution >= 4 is 41.9 Å². The van der Waals surface area contributed by atoms with Crippen molar-refractivity contribution in [2.45, 2.75) is 90.9 Å². The van der Waals surface area contributed by atoms with Crippen molar-refractivity contribution in [3.63, 3.8) is 0 Å². The number of benzene rings is 2. The predicted octanol–water partition coefficient (Wildman–Crippen LogP) is 2.44. The molecule has 0 spiro atoms. The molecule has 3 rings (SSSR count). The largest absolute Gasteiger partial charge is 0.505 e. The van der Waals surface area contributed by atoms with Gasteiger partial charge in [-0.3, -0.25) is 14.4 Å². The molecular formula is C34H42N2O12. The summed E-state index contributed by atoms with van der Waals surface area (Å²) >= 11 is 0. The molecule has 0 saturated carbocycles. The number of phenolic OH excluding ortho intramolecular Hbond substituents is 1. The van der Waals surface area contributed by atoms with Gasteiger partial charge in [0.1, 0.15) is 18.3 Å². The van der Waals surface area contributed by atoms with Gasteiger partial charge in [-0.25, -0.2) is 14.4 Å². The first-order valence-corrected chi connectivity index (χ1v) is 15.5. The van der Waals surface area contributed by atoms with Crippen LogP contribution in [0, 0.1) is 11.3 Å². The molecule has 1 aliphatic heterocycles. The van der Waals surface area contributed by atoms with E-state index in [2.05, 4.69) is 10.6 Å². The standard InChI is InChI=1S/C34H42N2O12/c1-7-18(2)27-32(43)45-19(3)25(36-29(40)22-14-11-15-23(26(22)38)35-17-37)31(42)46-20(4)30(41)47-24(16-21-12-9-8-10-13-21)28(39)34(5,6)33(44)48-27/h8-15,17-20,24-25,27-28,38-39H,7,16H2,1-6H3,(H,35,37)(H,36,40)/t18-,19-,20-,24+,25-,27+,28+/m1/s1. The van der Waals surface area contributed by atoms with Crippen LogP contribution in [0.3, 0.4) is 0 Å². The summed E-state index contributed by atoms with van der Waals surface area (Å²) < 4.78 is 22.2. The van der Waals surface area contributed by atoms with E-state index >= 15 is 0 Å². The van der Waals surface area contributed by atoms with Crippen molar-refractivity contribution in [3.05, 3.63) is 59.7 Å². The van der Waals surface area contributed by atoms with Crippen LogP contribution >= 0.6 is 0 Å². The molecule has 14 nitrogen and oxygen atoms in total. The van der Waals surface area contributed by atoms with Crippen LogP contribution in [0.15, 0.2) is 48.5 Å². The molecule has 2 amide bonds. The lowest BCUT2D eigenvalue weighted by atomic mass is 9.81. The van der Waals surface area contributed by atoms with E-state index in [4.69, 9.17) is 18.9 Å². The zero-order valence-electron chi connectivity index (χ0n) is 27.6. The molecule has 4 N–H and O–H groups in total. The van der Waals surface area contributed by atoms with Crippen LogP contribution in [0.1, 0.15) is 63.9 Å². The molecule has 0 aliphatic carbocycles. The Balaban J connectivity index is 2.05. The van der Waals surface area contributed by atoms with Crippen molar-refractivity contribution in [3.8, 4) is 5.75 Å². The number of aliphatic hydroxyl groups is 1. The Hall–Kier alpha value is -4.98. The van der Waals surface area contributed by atoms with E-state index in [0.29, 0.717) is 18.4 Å². The third-order valence-electron chi connectivity index (χ3n) is 8.22. The first-order valence-electron chi connectivity index (χ1n) is 15.5. The van der Waals surface area contributed by atoms with Gasteiger partial charge < -0.3 is 39.8 Å². The number of esters is 4. The van der Waals surface area contributed by atoms with Crippen molar-refractivity contribution in [2.24, 2.45) is 11.3 Å². The smallest absolute Gasteiger partial charge is 0.348 e. The monoisotopic (exact) mass is 670 g/mol. The van der Waals surface area contributed by atoms with E-state index in [0.717, 1.165) is 0 Å². The van der Waals surface area contributed by atoms with Crippen LogP contribution in [-0.2, 0) is 49.3 Å². The number of cyclic esters (lactones) is 4. The van der Waals surface area contributed by atoms with Crippen LogP contribution in [0.5, 0.6) is 5.75 Å². The molecule has 260 valence electrons. The van der Waals surface area contributed by atoms with E-state index in [1.54, 1.807) is 44.2 Å². The lowest BCUT2D eigenvalue weighted by molar-refractivity contribution is -0.190. The Morgan fingerprint density at radius 1 is 0.938 bits per heavy atom. The van der Waals surface area contributed by atoms with Crippen molar-refractivity contribution in [1.82, 2.24) is 5.32 Å².